The first-order chi connectivity index (χ1) is 4.34. The van der Waals surface area contributed by atoms with Gasteiger partial charge in [-0.15, -0.1) is 5.73 Å². The van der Waals surface area contributed by atoms with Crippen LogP contribution in [0.25, 0.3) is 0 Å². The predicted octanol–water partition coefficient (Wildman–Crippen LogP) is 1.03. The molecule has 0 unspecified atom stereocenters. The van der Waals surface area contributed by atoms with Gasteiger partial charge in [0, 0.05) is 6.42 Å². The van der Waals surface area contributed by atoms with E-state index < -0.39 is 0 Å². The third kappa shape index (κ3) is 1.21. The van der Waals surface area contributed by atoms with Crippen molar-refractivity contribution < 1.29 is 9.53 Å². The Bertz CT molecular complexity index is 185. The van der Waals surface area contributed by atoms with Crippen molar-refractivity contribution in [2.75, 3.05) is 6.61 Å². The molecule has 0 saturated carbocycles. The molecule has 9 heavy (non-hydrogen) atoms. The third-order valence-corrected chi connectivity index (χ3v) is 1.15. The standard InChI is InChI=1S/C7H8O2/c1-2-3-6-4-5-9-7(6)8/h2H,4-5H2,1H3. The van der Waals surface area contributed by atoms with E-state index in [-0.39, 0.29) is 5.97 Å². The Labute approximate surface area is 53.8 Å². The first-order valence-electron chi connectivity index (χ1n) is 2.92. The molecule has 0 amide bonds. The van der Waals surface area contributed by atoms with Gasteiger partial charge in [-0.2, -0.15) is 0 Å². The van der Waals surface area contributed by atoms with Crippen LogP contribution in [-0.4, -0.2) is 12.6 Å². The minimum Gasteiger partial charge on any atom is -0.461 e. The predicted molar refractivity (Wildman–Crippen MR) is 32.8 cm³/mol. The molecule has 1 heterocycles. The summed E-state index contributed by atoms with van der Waals surface area (Å²) in [5.41, 5.74) is 3.48. The summed E-state index contributed by atoms with van der Waals surface area (Å²) in [7, 11) is 0. The number of carbonyl (C=O) groups excluding carboxylic acids is 1. The molecule has 1 aliphatic rings. The summed E-state index contributed by atoms with van der Waals surface area (Å²) in [5, 5.41) is 0. The van der Waals surface area contributed by atoms with Crippen LogP contribution in [0.3, 0.4) is 0 Å². The molecule has 0 atom stereocenters. The van der Waals surface area contributed by atoms with Gasteiger partial charge >= 0.3 is 5.97 Å². The molecule has 1 fully saturated rings. The minimum absolute atomic E-state index is 0.215. The monoisotopic (exact) mass is 124 g/mol. The highest BCUT2D eigenvalue weighted by molar-refractivity contribution is 5.89. The zero-order valence-electron chi connectivity index (χ0n) is 5.31. The molecule has 2 nitrogen and oxygen atoms in total. The summed E-state index contributed by atoms with van der Waals surface area (Å²) >= 11 is 0. The van der Waals surface area contributed by atoms with Crippen molar-refractivity contribution >= 4 is 5.97 Å². The van der Waals surface area contributed by atoms with E-state index in [0.717, 1.165) is 0 Å². The number of esters is 1. The summed E-state index contributed by atoms with van der Waals surface area (Å²) in [5.74, 6) is -0.215. The van der Waals surface area contributed by atoms with E-state index in [1.54, 1.807) is 6.08 Å². The molecule has 0 aromatic carbocycles. The molecule has 0 aliphatic carbocycles. The van der Waals surface area contributed by atoms with Crippen LogP contribution in [0.2, 0.25) is 0 Å². The van der Waals surface area contributed by atoms with Crippen molar-refractivity contribution in [3.8, 4) is 0 Å². The zero-order chi connectivity index (χ0) is 6.69. The highest BCUT2D eigenvalue weighted by atomic mass is 16.5. The zero-order valence-corrected chi connectivity index (χ0v) is 5.31. The molecule has 2 heteroatoms. The van der Waals surface area contributed by atoms with Gasteiger partial charge in [0.2, 0.25) is 0 Å². The third-order valence-electron chi connectivity index (χ3n) is 1.15. The molecule has 0 aromatic heterocycles. The second-order valence-electron chi connectivity index (χ2n) is 1.80. The van der Waals surface area contributed by atoms with Gasteiger partial charge in [-0.25, -0.2) is 4.79 Å². The number of cyclic esters (lactones) is 1. The number of hydrogen-bond acceptors (Lipinski definition) is 2. The highest BCUT2D eigenvalue weighted by Crippen LogP contribution is 2.10. The Balaban J connectivity index is 2.83. The summed E-state index contributed by atoms with van der Waals surface area (Å²) in [6.45, 7) is 2.35. The Kier molecular flexibility index (Phi) is 1.71. The molecule has 0 spiro atoms. The van der Waals surface area contributed by atoms with Crippen LogP contribution in [0, 0.1) is 0 Å². The summed E-state index contributed by atoms with van der Waals surface area (Å²) in [6, 6.07) is 0. The van der Waals surface area contributed by atoms with Gasteiger partial charge in [0.15, 0.2) is 0 Å². The Hall–Kier alpha value is -1.01. The molecular weight excluding hydrogens is 116 g/mol. The smallest absolute Gasteiger partial charge is 0.341 e. The van der Waals surface area contributed by atoms with Crippen LogP contribution in [-0.2, 0) is 9.53 Å². The summed E-state index contributed by atoms with van der Waals surface area (Å²) in [4.78, 5) is 10.6. The maximum Gasteiger partial charge on any atom is 0.341 e. The average Bonchev–Trinajstić information content (AvgIpc) is 2.18. The van der Waals surface area contributed by atoms with Crippen LogP contribution < -0.4 is 0 Å². The lowest BCUT2D eigenvalue weighted by atomic mass is 10.2. The Morgan fingerprint density at radius 3 is 3.00 bits per heavy atom. The highest BCUT2D eigenvalue weighted by Gasteiger charge is 2.17. The molecule has 1 saturated heterocycles. The van der Waals surface area contributed by atoms with Crippen LogP contribution in [0.1, 0.15) is 13.3 Å². The number of carbonyl (C=O) groups is 1. The summed E-state index contributed by atoms with van der Waals surface area (Å²) in [6.07, 6.45) is 2.44. The van der Waals surface area contributed by atoms with Gasteiger partial charge < -0.3 is 4.74 Å². The molecular formula is C7H8O2. The first-order valence-corrected chi connectivity index (χ1v) is 2.92. The van der Waals surface area contributed by atoms with Gasteiger partial charge in [0.05, 0.1) is 12.2 Å². The van der Waals surface area contributed by atoms with E-state index in [4.69, 9.17) is 0 Å². The normalized spacial score (nSPS) is 17.0. The molecule has 1 rings (SSSR count). The largest absolute Gasteiger partial charge is 0.461 e. The topological polar surface area (TPSA) is 26.3 Å². The molecule has 0 N–H and O–H groups in total. The fourth-order valence-electron chi connectivity index (χ4n) is 0.740. The van der Waals surface area contributed by atoms with Gasteiger partial charge in [-0.05, 0) is 13.0 Å². The van der Waals surface area contributed by atoms with E-state index >= 15 is 0 Å². The molecule has 0 bridgehead atoms. The van der Waals surface area contributed by atoms with E-state index in [0.29, 0.717) is 18.6 Å². The Morgan fingerprint density at radius 2 is 2.56 bits per heavy atom. The quantitative estimate of drug-likeness (QED) is 0.274. The number of hydrogen-bond donors (Lipinski definition) is 0. The minimum atomic E-state index is -0.215. The van der Waals surface area contributed by atoms with Gasteiger partial charge in [-0.1, -0.05) is 0 Å². The van der Waals surface area contributed by atoms with Crippen molar-refractivity contribution in [3.63, 3.8) is 0 Å². The first kappa shape index (κ1) is 6.12. The van der Waals surface area contributed by atoms with Gasteiger partial charge in [0.25, 0.3) is 0 Å². The van der Waals surface area contributed by atoms with E-state index in [2.05, 4.69) is 10.5 Å². The molecule has 0 radical (unpaired) electrons. The molecule has 48 valence electrons. The molecule has 1 aliphatic heterocycles. The second kappa shape index (κ2) is 2.51. The fourth-order valence-corrected chi connectivity index (χ4v) is 0.740. The van der Waals surface area contributed by atoms with E-state index in [1.807, 2.05) is 6.92 Å². The second-order valence-corrected chi connectivity index (χ2v) is 1.80. The maximum absolute atomic E-state index is 10.6. The lowest BCUT2D eigenvalue weighted by Crippen LogP contribution is -1.92. The maximum atomic E-state index is 10.6. The van der Waals surface area contributed by atoms with Crippen molar-refractivity contribution in [1.29, 1.82) is 0 Å². The van der Waals surface area contributed by atoms with Crippen LogP contribution in [0.5, 0.6) is 0 Å². The van der Waals surface area contributed by atoms with Crippen molar-refractivity contribution in [2.45, 2.75) is 13.3 Å². The molecule has 0 aromatic rings. The lowest BCUT2D eigenvalue weighted by Gasteiger charge is -1.82. The summed E-state index contributed by atoms with van der Waals surface area (Å²) < 4.78 is 4.66. The average molecular weight is 124 g/mol. The van der Waals surface area contributed by atoms with Gasteiger partial charge in [-0.3, -0.25) is 0 Å². The SMILES string of the molecule is CC=C=C1CCOC1=O. The number of rotatable bonds is 0. The lowest BCUT2D eigenvalue weighted by molar-refractivity contribution is -0.135. The number of ether oxygens (including phenoxy) is 1. The van der Waals surface area contributed by atoms with E-state index in [9.17, 15) is 4.79 Å². The van der Waals surface area contributed by atoms with Crippen LogP contribution in [0.4, 0.5) is 0 Å². The van der Waals surface area contributed by atoms with E-state index in [1.165, 1.54) is 0 Å². The van der Waals surface area contributed by atoms with Crippen molar-refractivity contribution in [1.82, 2.24) is 0 Å². The van der Waals surface area contributed by atoms with Crippen molar-refractivity contribution in [2.24, 2.45) is 0 Å². The van der Waals surface area contributed by atoms with Crippen molar-refractivity contribution in [3.05, 3.63) is 17.4 Å². The fraction of sp³-hybridized carbons (Fsp3) is 0.429. The Morgan fingerprint density at radius 1 is 1.78 bits per heavy atom. The van der Waals surface area contributed by atoms with Crippen LogP contribution >= 0.6 is 0 Å². The van der Waals surface area contributed by atoms with Gasteiger partial charge in [0.1, 0.15) is 0 Å². The van der Waals surface area contributed by atoms with Crippen LogP contribution in [0.15, 0.2) is 17.4 Å².